The quantitative estimate of drug-likeness (QED) is 0.836. The molecule has 1 aliphatic rings. The second-order valence-corrected chi connectivity index (χ2v) is 6.56. The van der Waals surface area contributed by atoms with Crippen molar-refractivity contribution in [3.05, 3.63) is 51.4 Å². The Morgan fingerprint density at radius 2 is 2.12 bits per heavy atom. The van der Waals surface area contributed by atoms with Crippen LogP contribution in [0.4, 0.5) is 5.95 Å². The second-order valence-electron chi connectivity index (χ2n) is 5.71. The van der Waals surface area contributed by atoms with Gasteiger partial charge in [0.25, 0.3) is 0 Å². The monoisotopic (exact) mass is 366 g/mol. The molecule has 126 valence electrons. The molecule has 1 aliphatic heterocycles. The summed E-state index contributed by atoms with van der Waals surface area (Å²) in [5.74, 6) is 0.108. The van der Waals surface area contributed by atoms with Crippen LogP contribution in [0.15, 0.2) is 35.8 Å². The van der Waals surface area contributed by atoms with E-state index < -0.39 is 12.0 Å². The van der Waals surface area contributed by atoms with E-state index in [0.29, 0.717) is 32.8 Å². The highest BCUT2D eigenvalue weighted by Crippen LogP contribution is 2.38. The fourth-order valence-corrected chi connectivity index (χ4v) is 3.16. The molecule has 3 rings (SSSR count). The highest BCUT2D eigenvalue weighted by molar-refractivity contribution is 6.35. The minimum atomic E-state index is -0.542. The smallest absolute Gasteiger partial charge is 0.338 e. The minimum absolute atomic E-state index is 0.240. The first-order valence-electron chi connectivity index (χ1n) is 7.41. The number of benzene rings is 1. The Morgan fingerprint density at radius 3 is 2.79 bits per heavy atom. The van der Waals surface area contributed by atoms with Gasteiger partial charge in [-0.3, -0.25) is 0 Å². The summed E-state index contributed by atoms with van der Waals surface area (Å²) in [5, 5.41) is 8.27. The van der Waals surface area contributed by atoms with Gasteiger partial charge in [0.15, 0.2) is 0 Å². The normalized spacial score (nSPS) is 16.8. The van der Waals surface area contributed by atoms with Crippen LogP contribution in [0.25, 0.3) is 0 Å². The van der Waals surface area contributed by atoms with Gasteiger partial charge in [-0.1, -0.05) is 29.3 Å². The molecule has 0 saturated heterocycles. The van der Waals surface area contributed by atoms with Crippen molar-refractivity contribution in [3.8, 4) is 0 Å². The number of rotatable bonds is 3. The number of halogens is 2. The van der Waals surface area contributed by atoms with Crippen LogP contribution in [-0.4, -0.2) is 26.8 Å². The maximum atomic E-state index is 12.7. The number of nitrogens with one attached hydrogen (secondary N) is 1. The largest absolute Gasteiger partial charge is 0.459 e. The lowest BCUT2D eigenvalue weighted by molar-refractivity contribution is -0.143. The van der Waals surface area contributed by atoms with E-state index >= 15 is 0 Å². The van der Waals surface area contributed by atoms with E-state index in [-0.39, 0.29) is 6.10 Å². The number of fused-ring (bicyclic) bond motifs is 1. The molecule has 24 heavy (non-hydrogen) atoms. The van der Waals surface area contributed by atoms with Crippen molar-refractivity contribution < 1.29 is 9.53 Å². The summed E-state index contributed by atoms with van der Waals surface area (Å²) in [6.45, 7) is 5.40. The lowest BCUT2D eigenvalue weighted by atomic mass is 9.95. The summed E-state index contributed by atoms with van der Waals surface area (Å²) in [4.78, 5) is 16.8. The topological polar surface area (TPSA) is 69.0 Å². The van der Waals surface area contributed by atoms with Crippen molar-refractivity contribution in [2.75, 3.05) is 5.32 Å². The van der Waals surface area contributed by atoms with Crippen molar-refractivity contribution in [2.24, 2.45) is 0 Å². The standard InChI is InChI=1S/C16H16Cl2N4O2/c1-8(2)24-15(23)13-9(3)21-16-19-7-20-22(16)14(13)11-5-4-10(17)6-12(11)18/h4-8,14H,1-3H3,(H,19,20,21). The first kappa shape index (κ1) is 16.8. The fraction of sp³-hybridized carbons (Fsp3) is 0.312. The lowest BCUT2D eigenvalue weighted by Crippen LogP contribution is -2.30. The lowest BCUT2D eigenvalue weighted by Gasteiger charge is -2.29. The molecule has 0 fully saturated rings. The Bertz CT molecular complexity index is 829. The molecule has 1 atom stereocenters. The van der Waals surface area contributed by atoms with E-state index in [4.69, 9.17) is 27.9 Å². The molecule has 2 heterocycles. The van der Waals surface area contributed by atoms with E-state index in [9.17, 15) is 4.79 Å². The number of carbonyl (C=O) groups excluding carboxylic acids is 1. The summed E-state index contributed by atoms with van der Waals surface area (Å²) < 4.78 is 7.01. The molecule has 1 N–H and O–H groups in total. The molecule has 0 saturated carbocycles. The fourth-order valence-electron chi connectivity index (χ4n) is 2.64. The predicted octanol–water partition coefficient (Wildman–Crippen LogP) is 3.83. The average molecular weight is 367 g/mol. The minimum Gasteiger partial charge on any atom is -0.459 e. The Kier molecular flexibility index (Phi) is 4.51. The van der Waals surface area contributed by atoms with Crippen LogP contribution in [0.2, 0.25) is 10.0 Å². The molecule has 1 aromatic carbocycles. The number of ether oxygens (including phenoxy) is 1. The molecule has 6 nitrogen and oxygen atoms in total. The zero-order chi connectivity index (χ0) is 17.4. The highest BCUT2D eigenvalue weighted by Gasteiger charge is 2.35. The third-order valence-electron chi connectivity index (χ3n) is 3.61. The van der Waals surface area contributed by atoms with Crippen LogP contribution in [0.3, 0.4) is 0 Å². The van der Waals surface area contributed by atoms with Crippen LogP contribution < -0.4 is 5.32 Å². The summed E-state index contributed by atoms with van der Waals surface area (Å²) in [7, 11) is 0. The molecular weight excluding hydrogens is 351 g/mol. The Morgan fingerprint density at radius 1 is 1.38 bits per heavy atom. The van der Waals surface area contributed by atoms with Gasteiger partial charge in [0.05, 0.1) is 11.7 Å². The highest BCUT2D eigenvalue weighted by atomic mass is 35.5. The number of hydrogen-bond donors (Lipinski definition) is 1. The summed E-state index contributed by atoms with van der Waals surface area (Å²) in [5.41, 5.74) is 1.78. The van der Waals surface area contributed by atoms with Gasteiger partial charge < -0.3 is 10.1 Å². The van der Waals surface area contributed by atoms with Crippen molar-refractivity contribution in [3.63, 3.8) is 0 Å². The van der Waals surface area contributed by atoms with E-state index in [1.54, 1.807) is 43.7 Å². The van der Waals surface area contributed by atoms with Gasteiger partial charge in [-0.2, -0.15) is 10.1 Å². The second kappa shape index (κ2) is 6.45. The molecular formula is C16H16Cl2N4O2. The average Bonchev–Trinajstić information content (AvgIpc) is 2.93. The number of allylic oxidation sites excluding steroid dienone is 1. The number of hydrogen-bond acceptors (Lipinski definition) is 5. The SMILES string of the molecule is CC1=C(C(=O)OC(C)C)C(c2ccc(Cl)cc2Cl)n2ncnc2N1. The summed E-state index contributed by atoms with van der Waals surface area (Å²) in [6, 6.07) is 4.60. The van der Waals surface area contributed by atoms with Crippen LogP contribution >= 0.6 is 23.2 Å². The van der Waals surface area contributed by atoms with E-state index in [1.165, 1.54) is 6.33 Å². The molecule has 1 aromatic heterocycles. The Hall–Kier alpha value is -2.05. The zero-order valence-electron chi connectivity index (χ0n) is 13.4. The van der Waals surface area contributed by atoms with E-state index in [2.05, 4.69) is 15.4 Å². The molecule has 0 spiro atoms. The number of aromatic nitrogens is 3. The van der Waals surface area contributed by atoms with Gasteiger partial charge in [-0.25, -0.2) is 9.48 Å². The summed E-state index contributed by atoms with van der Waals surface area (Å²) in [6.07, 6.45) is 1.18. The summed E-state index contributed by atoms with van der Waals surface area (Å²) >= 11 is 12.4. The maximum absolute atomic E-state index is 12.7. The maximum Gasteiger partial charge on any atom is 0.338 e. The molecule has 2 aromatic rings. The van der Waals surface area contributed by atoms with Crippen LogP contribution in [0, 0.1) is 0 Å². The molecule has 0 aliphatic carbocycles. The molecule has 0 bridgehead atoms. The number of anilines is 1. The molecule has 0 amide bonds. The van der Waals surface area contributed by atoms with Crippen molar-refractivity contribution in [2.45, 2.75) is 32.9 Å². The van der Waals surface area contributed by atoms with Gasteiger partial charge in [0.1, 0.15) is 12.4 Å². The van der Waals surface area contributed by atoms with Crippen LogP contribution in [0.1, 0.15) is 32.4 Å². The van der Waals surface area contributed by atoms with Crippen LogP contribution in [-0.2, 0) is 9.53 Å². The van der Waals surface area contributed by atoms with Crippen molar-refractivity contribution in [1.82, 2.24) is 14.8 Å². The predicted molar refractivity (Wildman–Crippen MR) is 92.2 cm³/mol. The zero-order valence-corrected chi connectivity index (χ0v) is 14.9. The molecule has 8 heteroatoms. The third-order valence-corrected chi connectivity index (χ3v) is 4.18. The first-order chi connectivity index (χ1) is 11.4. The van der Waals surface area contributed by atoms with Gasteiger partial charge in [-0.15, -0.1) is 0 Å². The molecule has 0 radical (unpaired) electrons. The van der Waals surface area contributed by atoms with Crippen LogP contribution in [0.5, 0.6) is 0 Å². The van der Waals surface area contributed by atoms with E-state index in [1.807, 2.05) is 0 Å². The van der Waals surface area contributed by atoms with E-state index in [0.717, 1.165) is 0 Å². The number of nitrogens with zero attached hydrogens (tertiary/aromatic N) is 3. The van der Waals surface area contributed by atoms with Gasteiger partial charge in [0, 0.05) is 21.3 Å². The molecule has 1 unspecified atom stereocenters. The number of carbonyl (C=O) groups is 1. The Balaban J connectivity index is 2.16. The number of esters is 1. The van der Waals surface area contributed by atoms with Gasteiger partial charge >= 0.3 is 5.97 Å². The van der Waals surface area contributed by atoms with Crippen molar-refractivity contribution >= 4 is 35.1 Å². The Labute approximate surface area is 149 Å². The third kappa shape index (κ3) is 2.99. The first-order valence-corrected chi connectivity index (χ1v) is 8.17. The van der Waals surface area contributed by atoms with Gasteiger partial charge in [0.2, 0.25) is 5.95 Å². The van der Waals surface area contributed by atoms with Crippen molar-refractivity contribution in [1.29, 1.82) is 0 Å². The van der Waals surface area contributed by atoms with Gasteiger partial charge in [-0.05, 0) is 32.9 Å².